The van der Waals surface area contributed by atoms with Gasteiger partial charge in [0.05, 0.1) is 5.39 Å². The molecule has 2 aromatic heterocycles. The summed E-state index contributed by atoms with van der Waals surface area (Å²) >= 11 is 0. The third-order valence-electron chi connectivity index (χ3n) is 5.51. The number of hydrogen-bond donors (Lipinski definition) is 3. The number of amides is 2. The van der Waals surface area contributed by atoms with Crippen LogP contribution in [0.1, 0.15) is 25.5 Å². The summed E-state index contributed by atoms with van der Waals surface area (Å²) in [6, 6.07) is 9.44. The second kappa shape index (κ2) is 9.10. The molecule has 0 unspecified atom stereocenters. The van der Waals surface area contributed by atoms with Gasteiger partial charge in [0.25, 0.3) is 0 Å². The molecular formula is C24H21F5N6O. The van der Waals surface area contributed by atoms with Gasteiger partial charge in [0.1, 0.15) is 17.8 Å². The van der Waals surface area contributed by atoms with Gasteiger partial charge < -0.3 is 20.9 Å². The lowest BCUT2D eigenvalue weighted by Gasteiger charge is -2.20. The fraction of sp³-hybridized carbons (Fsp3) is 0.208. The first kappa shape index (κ1) is 24.9. The summed E-state index contributed by atoms with van der Waals surface area (Å²) in [6.45, 7) is 4.03. The van der Waals surface area contributed by atoms with Gasteiger partial charge in [-0.2, -0.15) is 22.0 Å². The number of anilines is 3. The molecule has 0 aliphatic heterocycles. The van der Waals surface area contributed by atoms with Crippen LogP contribution in [0.3, 0.4) is 0 Å². The average molecular weight is 504 g/mol. The zero-order chi connectivity index (χ0) is 26.3. The van der Waals surface area contributed by atoms with Crippen LogP contribution >= 0.6 is 0 Å². The molecule has 0 aliphatic carbocycles. The number of fused-ring (bicyclic) bond motifs is 1. The monoisotopic (exact) mass is 504 g/mol. The smallest absolute Gasteiger partial charge is 0.383 e. The Kier molecular flexibility index (Phi) is 6.29. The first-order chi connectivity index (χ1) is 16.9. The van der Waals surface area contributed by atoms with E-state index in [1.807, 2.05) is 24.6 Å². The average Bonchev–Trinajstić information content (AvgIpc) is 3.20. The Morgan fingerprint density at radius 2 is 1.47 bits per heavy atom. The summed E-state index contributed by atoms with van der Waals surface area (Å²) in [6.07, 6.45) is -2.38. The van der Waals surface area contributed by atoms with E-state index in [9.17, 15) is 26.7 Å². The SMILES string of the molecule is CC(C)n1cc(-c2ccc(NC(=O)Nc3ccc(C(F)(F)C(F)(F)F)cc3)cc2)c2c(N)ncnc21. The van der Waals surface area contributed by atoms with Crippen molar-refractivity contribution in [3.8, 4) is 11.1 Å². The molecule has 0 bridgehead atoms. The summed E-state index contributed by atoms with van der Waals surface area (Å²) in [5, 5.41) is 5.68. The molecule has 12 heteroatoms. The Hall–Kier alpha value is -4.22. The quantitative estimate of drug-likeness (QED) is 0.268. The van der Waals surface area contributed by atoms with E-state index in [1.165, 1.54) is 6.33 Å². The Morgan fingerprint density at radius 3 is 2.00 bits per heavy atom. The zero-order valence-electron chi connectivity index (χ0n) is 19.1. The fourth-order valence-corrected chi connectivity index (χ4v) is 3.67. The van der Waals surface area contributed by atoms with Crippen LogP contribution in [-0.2, 0) is 5.92 Å². The highest BCUT2D eigenvalue weighted by atomic mass is 19.4. The lowest BCUT2D eigenvalue weighted by atomic mass is 10.1. The largest absolute Gasteiger partial charge is 0.458 e. The lowest BCUT2D eigenvalue weighted by molar-refractivity contribution is -0.289. The Morgan fingerprint density at radius 1 is 0.917 bits per heavy atom. The van der Waals surface area contributed by atoms with Crippen molar-refractivity contribution in [2.75, 3.05) is 16.4 Å². The molecule has 2 amide bonds. The number of urea groups is 1. The van der Waals surface area contributed by atoms with Gasteiger partial charge in [-0.3, -0.25) is 0 Å². The van der Waals surface area contributed by atoms with Crippen LogP contribution in [0.4, 0.5) is 43.9 Å². The van der Waals surface area contributed by atoms with Crippen molar-refractivity contribution < 1.29 is 26.7 Å². The van der Waals surface area contributed by atoms with Crippen molar-refractivity contribution in [1.82, 2.24) is 14.5 Å². The number of aromatic nitrogens is 3. The summed E-state index contributed by atoms with van der Waals surface area (Å²) in [5.74, 6) is -4.65. The molecular weight excluding hydrogens is 483 g/mol. The molecule has 0 saturated carbocycles. The third kappa shape index (κ3) is 4.66. The van der Waals surface area contributed by atoms with Gasteiger partial charge in [-0.1, -0.05) is 24.3 Å². The number of benzene rings is 2. The minimum atomic E-state index is -5.71. The Balaban J connectivity index is 1.48. The number of hydrogen-bond acceptors (Lipinski definition) is 4. The molecule has 4 rings (SSSR count). The molecule has 4 N–H and O–H groups in total. The second-order valence-electron chi connectivity index (χ2n) is 8.31. The predicted octanol–water partition coefficient (Wildman–Crippen LogP) is 6.56. The molecule has 0 fully saturated rings. The number of alkyl halides is 5. The van der Waals surface area contributed by atoms with E-state index in [0.29, 0.717) is 34.7 Å². The van der Waals surface area contributed by atoms with Gasteiger partial charge in [0.2, 0.25) is 0 Å². The topological polar surface area (TPSA) is 97.9 Å². The van der Waals surface area contributed by atoms with Crippen molar-refractivity contribution >= 4 is 34.3 Å². The molecule has 0 radical (unpaired) electrons. The number of nitrogen functional groups attached to an aromatic ring is 1. The Bertz CT molecular complexity index is 1400. The highest BCUT2D eigenvalue weighted by molar-refractivity contribution is 6.02. The van der Waals surface area contributed by atoms with Gasteiger partial charge in [0.15, 0.2) is 0 Å². The van der Waals surface area contributed by atoms with E-state index in [4.69, 9.17) is 5.73 Å². The van der Waals surface area contributed by atoms with Crippen molar-refractivity contribution in [3.05, 3.63) is 66.6 Å². The number of nitrogens with two attached hydrogens (primary N) is 1. The van der Waals surface area contributed by atoms with Crippen molar-refractivity contribution in [2.24, 2.45) is 0 Å². The lowest BCUT2D eigenvalue weighted by Crippen LogP contribution is -2.33. The second-order valence-corrected chi connectivity index (χ2v) is 8.31. The van der Waals surface area contributed by atoms with E-state index in [1.54, 1.807) is 24.3 Å². The molecule has 36 heavy (non-hydrogen) atoms. The normalized spacial score (nSPS) is 12.2. The molecule has 4 aromatic rings. The van der Waals surface area contributed by atoms with E-state index < -0.39 is 23.7 Å². The van der Waals surface area contributed by atoms with Crippen LogP contribution in [0.2, 0.25) is 0 Å². The molecule has 0 aliphatic rings. The van der Waals surface area contributed by atoms with Gasteiger partial charge in [0, 0.05) is 34.7 Å². The number of rotatable bonds is 5. The van der Waals surface area contributed by atoms with Gasteiger partial charge in [-0.15, -0.1) is 0 Å². The fourth-order valence-electron chi connectivity index (χ4n) is 3.67. The van der Waals surface area contributed by atoms with Crippen LogP contribution < -0.4 is 16.4 Å². The van der Waals surface area contributed by atoms with E-state index in [2.05, 4.69) is 20.6 Å². The minimum Gasteiger partial charge on any atom is -0.383 e. The highest BCUT2D eigenvalue weighted by Crippen LogP contribution is 2.44. The van der Waals surface area contributed by atoms with Gasteiger partial charge in [-0.25, -0.2) is 14.8 Å². The maximum absolute atomic E-state index is 13.4. The molecule has 0 saturated heterocycles. The molecule has 0 atom stereocenters. The van der Waals surface area contributed by atoms with E-state index in [-0.39, 0.29) is 11.7 Å². The Labute approximate surface area is 202 Å². The van der Waals surface area contributed by atoms with Crippen LogP contribution in [0.5, 0.6) is 0 Å². The van der Waals surface area contributed by atoms with Crippen LogP contribution in [-0.4, -0.2) is 26.7 Å². The van der Waals surface area contributed by atoms with Crippen molar-refractivity contribution in [1.29, 1.82) is 0 Å². The predicted molar refractivity (Wildman–Crippen MR) is 127 cm³/mol. The molecule has 2 aromatic carbocycles. The van der Waals surface area contributed by atoms with E-state index in [0.717, 1.165) is 23.3 Å². The summed E-state index contributed by atoms with van der Waals surface area (Å²) in [5.41, 5.74) is 7.69. The molecule has 0 spiro atoms. The summed E-state index contributed by atoms with van der Waals surface area (Å²) in [4.78, 5) is 20.7. The van der Waals surface area contributed by atoms with Crippen LogP contribution in [0.25, 0.3) is 22.2 Å². The van der Waals surface area contributed by atoms with Crippen molar-refractivity contribution in [3.63, 3.8) is 0 Å². The highest BCUT2D eigenvalue weighted by Gasteiger charge is 2.58. The first-order valence-corrected chi connectivity index (χ1v) is 10.7. The molecule has 188 valence electrons. The summed E-state index contributed by atoms with van der Waals surface area (Å²) in [7, 11) is 0. The maximum Gasteiger partial charge on any atom is 0.458 e. The van der Waals surface area contributed by atoms with Crippen molar-refractivity contribution in [2.45, 2.75) is 32.0 Å². The number of carbonyl (C=O) groups excluding carboxylic acids is 1. The van der Waals surface area contributed by atoms with Crippen LogP contribution in [0, 0.1) is 0 Å². The molecule has 2 heterocycles. The standard InChI is InChI=1S/C24H21F5N6O/c1-13(2)35-11-18(19-20(30)31-12-32-21(19)35)14-3-7-16(8-4-14)33-22(36)34-17-9-5-15(6-10-17)23(25,26)24(27,28)29/h3-13H,1-2H3,(H2,30,31,32)(H2,33,34,36). The van der Waals surface area contributed by atoms with E-state index >= 15 is 0 Å². The summed E-state index contributed by atoms with van der Waals surface area (Å²) < 4.78 is 66.3. The number of nitrogens with zero attached hydrogens (tertiary/aromatic N) is 3. The number of carbonyl (C=O) groups is 1. The first-order valence-electron chi connectivity index (χ1n) is 10.7. The van der Waals surface area contributed by atoms with Gasteiger partial charge in [-0.05, 0) is 43.7 Å². The van der Waals surface area contributed by atoms with Crippen LogP contribution in [0.15, 0.2) is 61.1 Å². The minimum absolute atomic E-state index is 0.0443. The maximum atomic E-state index is 13.4. The zero-order valence-corrected chi connectivity index (χ0v) is 19.1. The molecule has 7 nitrogen and oxygen atoms in total. The van der Waals surface area contributed by atoms with Gasteiger partial charge >= 0.3 is 18.1 Å². The number of nitrogens with one attached hydrogen (secondary N) is 2. The third-order valence-corrected chi connectivity index (χ3v) is 5.51. The number of halogens is 5.